The summed E-state index contributed by atoms with van der Waals surface area (Å²) in [5.41, 5.74) is 3.20. The van der Waals surface area contributed by atoms with Crippen LogP contribution < -0.4 is 4.74 Å². The molecule has 0 amide bonds. The highest BCUT2D eigenvalue weighted by Gasteiger charge is 2.14. The molecular formula is C18H17N3O2. The molecule has 3 rings (SSSR count). The lowest BCUT2D eigenvalue weighted by molar-refractivity contribution is 0.111. The Morgan fingerprint density at radius 3 is 2.48 bits per heavy atom. The van der Waals surface area contributed by atoms with Crippen molar-refractivity contribution in [3.05, 3.63) is 65.9 Å². The van der Waals surface area contributed by atoms with Gasteiger partial charge in [-0.3, -0.25) is 4.79 Å². The van der Waals surface area contributed by atoms with Crippen molar-refractivity contribution in [2.24, 2.45) is 0 Å². The minimum absolute atomic E-state index is 0.350. The zero-order valence-electron chi connectivity index (χ0n) is 12.8. The Labute approximate surface area is 134 Å². The van der Waals surface area contributed by atoms with E-state index in [1.54, 1.807) is 11.8 Å². The average Bonchev–Trinajstić information content (AvgIpc) is 3.04. The second-order valence-electron chi connectivity index (χ2n) is 5.13. The third-order valence-corrected chi connectivity index (χ3v) is 3.69. The molecule has 0 aliphatic rings. The Morgan fingerprint density at radius 2 is 1.83 bits per heavy atom. The molecule has 0 unspecified atom stereocenters. The monoisotopic (exact) mass is 307 g/mol. The molecule has 0 radical (unpaired) electrons. The van der Waals surface area contributed by atoms with E-state index in [0.717, 1.165) is 29.7 Å². The number of aromatic nitrogens is 3. The van der Waals surface area contributed by atoms with Crippen LogP contribution in [-0.2, 0) is 13.0 Å². The number of carbonyl (C=O) groups is 1. The van der Waals surface area contributed by atoms with Gasteiger partial charge in [0, 0.05) is 12.1 Å². The maximum Gasteiger partial charge on any atom is 0.172 e. The van der Waals surface area contributed by atoms with E-state index in [9.17, 15) is 4.79 Å². The van der Waals surface area contributed by atoms with E-state index in [4.69, 9.17) is 4.74 Å². The molecule has 1 aromatic heterocycles. The molecule has 5 heteroatoms. The van der Waals surface area contributed by atoms with Crippen molar-refractivity contribution in [1.29, 1.82) is 0 Å². The molecule has 0 saturated carbocycles. The number of rotatable bonds is 6. The van der Waals surface area contributed by atoms with Crippen LogP contribution in [0, 0.1) is 0 Å². The number of hydrogen-bond acceptors (Lipinski definition) is 4. The largest absolute Gasteiger partial charge is 0.497 e. The first-order valence-electron chi connectivity index (χ1n) is 7.39. The quantitative estimate of drug-likeness (QED) is 0.657. The fraction of sp³-hybridized carbons (Fsp3) is 0.167. The van der Waals surface area contributed by atoms with Crippen molar-refractivity contribution in [2.45, 2.75) is 13.0 Å². The Hall–Kier alpha value is -2.95. The highest BCUT2D eigenvalue weighted by Crippen LogP contribution is 2.24. The van der Waals surface area contributed by atoms with Gasteiger partial charge in [-0.2, -0.15) is 0 Å². The fourth-order valence-corrected chi connectivity index (χ4v) is 2.49. The Balaban J connectivity index is 1.88. The zero-order chi connectivity index (χ0) is 16.1. The van der Waals surface area contributed by atoms with E-state index >= 15 is 0 Å². The van der Waals surface area contributed by atoms with Gasteiger partial charge in [-0.05, 0) is 36.2 Å². The third kappa shape index (κ3) is 3.29. The number of benzene rings is 2. The first kappa shape index (κ1) is 15.0. The summed E-state index contributed by atoms with van der Waals surface area (Å²) in [6, 6.07) is 17.7. The van der Waals surface area contributed by atoms with E-state index in [0.29, 0.717) is 12.2 Å². The molecule has 0 fully saturated rings. The van der Waals surface area contributed by atoms with Crippen LogP contribution in [0.1, 0.15) is 16.1 Å². The molecule has 3 aromatic rings. The smallest absolute Gasteiger partial charge is 0.172 e. The average molecular weight is 307 g/mol. The van der Waals surface area contributed by atoms with Gasteiger partial charge in [0.1, 0.15) is 5.75 Å². The Morgan fingerprint density at radius 1 is 1.09 bits per heavy atom. The minimum atomic E-state index is 0.350. The maximum absolute atomic E-state index is 11.3. The van der Waals surface area contributed by atoms with Crippen LogP contribution in [0.5, 0.6) is 5.75 Å². The molecule has 0 spiro atoms. The zero-order valence-corrected chi connectivity index (χ0v) is 12.8. The van der Waals surface area contributed by atoms with E-state index in [-0.39, 0.29) is 0 Å². The van der Waals surface area contributed by atoms with Crippen LogP contribution in [0.4, 0.5) is 0 Å². The van der Waals surface area contributed by atoms with Gasteiger partial charge < -0.3 is 4.74 Å². The van der Waals surface area contributed by atoms with E-state index < -0.39 is 0 Å². The fourth-order valence-electron chi connectivity index (χ4n) is 2.49. The second kappa shape index (κ2) is 6.87. The van der Waals surface area contributed by atoms with Crippen LogP contribution >= 0.6 is 0 Å². The number of carbonyl (C=O) groups excluding carboxylic acids is 1. The van der Waals surface area contributed by atoms with E-state index in [2.05, 4.69) is 22.4 Å². The van der Waals surface area contributed by atoms with Crippen molar-refractivity contribution in [3.8, 4) is 17.0 Å². The van der Waals surface area contributed by atoms with Crippen LogP contribution in [0.2, 0.25) is 0 Å². The maximum atomic E-state index is 11.3. The molecule has 0 saturated heterocycles. The molecule has 0 N–H and O–H groups in total. The molecule has 0 aliphatic carbocycles. The number of hydrogen-bond donors (Lipinski definition) is 0. The predicted octanol–water partition coefficient (Wildman–Crippen LogP) is 3.01. The summed E-state index contributed by atoms with van der Waals surface area (Å²) in [7, 11) is 1.62. The van der Waals surface area contributed by atoms with Crippen molar-refractivity contribution >= 4 is 6.29 Å². The molecule has 0 atom stereocenters. The van der Waals surface area contributed by atoms with Gasteiger partial charge in [-0.15, -0.1) is 5.10 Å². The minimum Gasteiger partial charge on any atom is -0.497 e. The van der Waals surface area contributed by atoms with Gasteiger partial charge >= 0.3 is 0 Å². The SMILES string of the molecule is COc1ccc(-c2c(C=O)nnn2CCc2ccccc2)cc1. The van der Waals surface area contributed by atoms with Crippen LogP contribution in [0.15, 0.2) is 54.6 Å². The summed E-state index contributed by atoms with van der Waals surface area (Å²) in [5.74, 6) is 0.768. The van der Waals surface area contributed by atoms with Gasteiger partial charge in [-0.1, -0.05) is 35.5 Å². The highest BCUT2D eigenvalue weighted by atomic mass is 16.5. The summed E-state index contributed by atoms with van der Waals surface area (Å²) < 4.78 is 6.95. The second-order valence-corrected chi connectivity index (χ2v) is 5.13. The van der Waals surface area contributed by atoms with Gasteiger partial charge in [0.2, 0.25) is 0 Å². The lowest BCUT2D eigenvalue weighted by Gasteiger charge is -2.08. The number of ether oxygens (including phenoxy) is 1. The summed E-state index contributed by atoms with van der Waals surface area (Å²) in [4.78, 5) is 11.3. The number of methoxy groups -OCH3 is 1. The van der Waals surface area contributed by atoms with E-state index in [1.807, 2.05) is 42.5 Å². The molecule has 2 aromatic carbocycles. The number of aryl methyl sites for hydroxylation is 2. The van der Waals surface area contributed by atoms with Gasteiger partial charge in [0.05, 0.1) is 12.8 Å². The van der Waals surface area contributed by atoms with E-state index in [1.165, 1.54) is 5.56 Å². The Kier molecular flexibility index (Phi) is 4.47. The van der Waals surface area contributed by atoms with Crippen LogP contribution in [0.25, 0.3) is 11.3 Å². The number of nitrogens with zero attached hydrogens (tertiary/aromatic N) is 3. The van der Waals surface area contributed by atoms with Crippen molar-refractivity contribution in [1.82, 2.24) is 15.0 Å². The van der Waals surface area contributed by atoms with Gasteiger partial charge in [0.25, 0.3) is 0 Å². The Bertz CT molecular complexity index is 780. The summed E-state index contributed by atoms with van der Waals surface area (Å²) in [5, 5.41) is 8.10. The lowest BCUT2D eigenvalue weighted by atomic mass is 10.1. The molecule has 0 aliphatic heterocycles. The summed E-state index contributed by atoms with van der Waals surface area (Å²) in [6.07, 6.45) is 1.57. The molecule has 5 nitrogen and oxygen atoms in total. The summed E-state index contributed by atoms with van der Waals surface area (Å²) in [6.45, 7) is 0.659. The molecule has 23 heavy (non-hydrogen) atoms. The molecule has 116 valence electrons. The van der Waals surface area contributed by atoms with Gasteiger partial charge in [-0.25, -0.2) is 4.68 Å². The van der Waals surface area contributed by atoms with Crippen molar-refractivity contribution in [2.75, 3.05) is 7.11 Å². The first-order chi connectivity index (χ1) is 11.3. The lowest BCUT2D eigenvalue weighted by Crippen LogP contribution is -2.06. The predicted molar refractivity (Wildman–Crippen MR) is 87.5 cm³/mol. The molecule has 0 bridgehead atoms. The van der Waals surface area contributed by atoms with Crippen molar-refractivity contribution < 1.29 is 9.53 Å². The van der Waals surface area contributed by atoms with Crippen LogP contribution in [-0.4, -0.2) is 28.4 Å². The number of aldehydes is 1. The standard InChI is InChI=1S/C18H17N3O2/c1-23-16-9-7-15(8-10-16)18-17(13-22)19-20-21(18)12-11-14-5-3-2-4-6-14/h2-10,13H,11-12H2,1H3. The topological polar surface area (TPSA) is 57.0 Å². The normalized spacial score (nSPS) is 10.5. The third-order valence-electron chi connectivity index (χ3n) is 3.69. The van der Waals surface area contributed by atoms with Gasteiger partial charge in [0.15, 0.2) is 12.0 Å². The van der Waals surface area contributed by atoms with Crippen LogP contribution in [0.3, 0.4) is 0 Å². The first-order valence-corrected chi connectivity index (χ1v) is 7.39. The molecular weight excluding hydrogens is 290 g/mol. The summed E-state index contributed by atoms with van der Waals surface area (Å²) >= 11 is 0. The molecule has 1 heterocycles. The van der Waals surface area contributed by atoms with Crippen molar-refractivity contribution in [3.63, 3.8) is 0 Å². The highest BCUT2D eigenvalue weighted by molar-refractivity contribution is 5.83.